The highest BCUT2D eigenvalue weighted by Crippen LogP contribution is 2.29. The van der Waals surface area contributed by atoms with Gasteiger partial charge in [0.1, 0.15) is 5.82 Å². The normalized spacial score (nSPS) is 26.2. The fraction of sp³-hybridized carbons (Fsp3) is 0.571. The van der Waals surface area contributed by atoms with Gasteiger partial charge in [0.15, 0.2) is 0 Å². The Labute approximate surface area is 108 Å². The van der Waals surface area contributed by atoms with Crippen LogP contribution in [-0.4, -0.2) is 25.3 Å². The molecule has 2 rings (SSSR count). The number of halogens is 1. The molecular weight excluding hydrogens is 231 g/mol. The van der Waals surface area contributed by atoms with Crippen molar-refractivity contribution in [1.82, 2.24) is 0 Å². The van der Waals surface area contributed by atoms with Crippen LogP contribution in [0.4, 0.5) is 10.1 Å². The average Bonchev–Trinajstić information content (AvgIpc) is 2.26. The van der Waals surface area contributed by atoms with E-state index in [2.05, 4.69) is 4.90 Å². The van der Waals surface area contributed by atoms with Crippen LogP contribution in [0.25, 0.3) is 0 Å². The van der Waals surface area contributed by atoms with Crippen molar-refractivity contribution in [3.8, 4) is 0 Å². The summed E-state index contributed by atoms with van der Waals surface area (Å²) in [7, 11) is 0. The highest BCUT2D eigenvalue weighted by Gasteiger charge is 2.25. The molecule has 3 nitrogen and oxygen atoms in total. The summed E-state index contributed by atoms with van der Waals surface area (Å²) in [6.45, 7) is 7.43. The second kappa shape index (κ2) is 5.24. The highest BCUT2D eigenvalue weighted by atomic mass is 19.1. The van der Waals surface area contributed by atoms with E-state index in [1.54, 1.807) is 6.07 Å². The van der Waals surface area contributed by atoms with E-state index in [-0.39, 0.29) is 24.1 Å². The Morgan fingerprint density at radius 2 is 1.94 bits per heavy atom. The van der Waals surface area contributed by atoms with E-state index in [1.807, 2.05) is 26.8 Å². The number of morpholine rings is 1. The summed E-state index contributed by atoms with van der Waals surface area (Å²) in [6.07, 6.45) is 0.302. The molecular formula is C14H21FN2O. The van der Waals surface area contributed by atoms with Crippen molar-refractivity contribution in [3.05, 3.63) is 29.6 Å². The quantitative estimate of drug-likeness (QED) is 0.878. The first kappa shape index (κ1) is 13.3. The second-order valence-electron chi connectivity index (χ2n) is 5.12. The number of benzene rings is 1. The molecule has 0 saturated carbocycles. The molecule has 0 amide bonds. The predicted octanol–water partition coefficient (Wildman–Crippen LogP) is 2.46. The summed E-state index contributed by atoms with van der Waals surface area (Å²) in [5, 5.41) is 0. The van der Waals surface area contributed by atoms with Crippen LogP contribution in [-0.2, 0) is 4.74 Å². The van der Waals surface area contributed by atoms with Gasteiger partial charge >= 0.3 is 0 Å². The Balaban J connectivity index is 2.35. The van der Waals surface area contributed by atoms with Gasteiger partial charge in [-0.25, -0.2) is 4.39 Å². The molecule has 1 heterocycles. The minimum absolute atomic E-state index is 0.151. The zero-order chi connectivity index (χ0) is 13.3. The van der Waals surface area contributed by atoms with Crippen LogP contribution in [0.15, 0.2) is 18.2 Å². The molecule has 1 saturated heterocycles. The van der Waals surface area contributed by atoms with Gasteiger partial charge in [-0.2, -0.15) is 0 Å². The monoisotopic (exact) mass is 252 g/mol. The minimum Gasteiger partial charge on any atom is -0.372 e. The molecule has 1 aromatic rings. The van der Waals surface area contributed by atoms with Crippen LogP contribution in [0.5, 0.6) is 0 Å². The van der Waals surface area contributed by atoms with Gasteiger partial charge in [-0.05, 0) is 32.9 Å². The van der Waals surface area contributed by atoms with Gasteiger partial charge in [0.05, 0.1) is 12.2 Å². The number of anilines is 1. The predicted molar refractivity (Wildman–Crippen MR) is 71.2 cm³/mol. The maximum atomic E-state index is 13.9. The number of rotatable bonds is 2. The molecule has 1 aromatic carbocycles. The first-order chi connectivity index (χ1) is 8.49. The van der Waals surface area contributed by atoms with Crippen molar-refractivity contribution in [3.63, 3.8) is 0 Å². The van der Waals surface area contributed by atoms with Crippen molar-refractivity contribution < 1.29 is 9.13 Å². The Morgan fingerprint density at radius 1 is 1.33 bits per heavy atom. The highest BCUT2D eigenvalue weighted by molar-refractivity contribution is 5.56. The number of hydrogen-bond donors (Lipinski definition) is 1. The molecule has 3 atom stereocenters. The fourth-order valence-corrected chi connectivity index (χ4v) is 2.63. The number of hydrogen-bond acceptors (Lipinski definition) is 3. The molecule has 1 aliphatic heterocycles. The van der Waals surface area contributed by atoms with Gasteiger partial charge in [-0.15, -0.1) is 0 Å². The zero-order valence-electron chi connectivity index (χ0n) is 11.2. The molecule has 3 unspecified atom stereocenters. The van der Waals surface area contributed by atoms with Crippen molar-refractivity contribution >= 4 is 5.69 Å². The summed E-state index contributed by atoms with van der Waals surface area (Å²) in [5.74, 6) is -0.228. The summed E-state index contributed by atoms with van der Waals surface area (Å²) in [5.41, 5.74) is 7.38. The van der Waals surface area contributed by atoms with E-state index in [9.17, 15) is 4.39 Å². The van der Waals surface area contributed by atoms with Crippen molar-refractivity contribution in [2.45, 2.75) is 39.0 Å². The van der Waals surface area contributed by atoms with E-state index in [4.69, 9.17) is 10.5 Å². The standard InChI is InChI=1S/C14H21FN2O/c1-9-7-17(8-10(2)18-9)13-6-4-5-12(15)14(13)11(3)16/h4-6,9-11H,7-8,16H2,1-3H3. The first-order valence-corrected chi connectivity index (χ1v) is 6.43. The van der Waals surface area contributed by atoms with Crippen LogP contribution in [0, 0.1) is 5.82 Å². The van der Waals surface area contributed by atoms with Gasteiger partial charge in [0.2, 0.25) is 0 Å². The van der Waals surface area contributed by atoms with E-state index < -0.39 is 0 Å². The summed E-state index contributed by atoms with van der Waals surface area (Å²) in [4.78, 5) is 2.17. The first-order valence-electron chi connectivity index (χ1n) is 6.43. The maximum absolute atomic E-state index is 13.9. The van der Waals surface area contributed by atoms with Crippen LogP contribution in [0.2, 0.25) is 0 Å². The Bertz CT molecular complexity index is 412. The van der Waals surface area contributed by atoms with Crippen LogP contribution >= 0.6 is 0 Å². The topological polar surface area (TPSA) is 38.5 Å². The van der Waals surface area contributed by atoms with E-state index in [1.165, 1.54) is 6.07 Å². The maximum Gasteiger partial charge on any atom is 0.130 e. The molecule has 18 heavy (non-hydrogen) atoms. The van der Waals surface area contributed by atoms with Crippen LogP contribution in [0.1, 0.15) is 32.4 Å². The van der Waals surface area contributed by atoms with Gasteiger partial charge in [0.25, 0.3) is 0 Å². The van der Waals surface area contributed by atoms with Crippen LogP contribution in [0.3, 0.4) is 0 Å². The second-order valence-corrected chi connectivity index (χ2v) is 5.12. The van der Waals surface area contributed by atoms with Gasteiger partial charge in [-0.3, -0.25) is 0 Å². The Morgan fingerprint density at radius 3 is 2.50 bits per heavy atom. The third kappa shape index (κ3) is 2.65. The molecule has 2 N–H and O–H groups in total. The molecule has 4 heteroatoms. The summed E-state index contributed by atoms with van der Waals surface area (Å²) in [6, 6.07) is 4.83. The molecule has 1 fully saturated rings. The van der Waals surface area contributed by atoms with Gasteiger partial charge < -0.3 is 15.4 Å². The lowest BCUT2D eigenvalue weighted by atomic mass is 10.0. The Hall–Kier alpha value is -1.13. The van der Waals surface area contributed by atoms with Crippen molar-refractivity contribution in [2.24, 2.45) is 5.73 Å². The molecule has 0 bridgehead atoms. The number of nitrogens with two attached hydrogens (primary N) is 1. The summed E-state index contributed by atoms with van der Waals surface area (Å²) < 4.78 is 19.6. The van der Waals surface area contributed by atoms with Crippen molar-refractivity contribution in [2.75, 3.05) is 18.0 Å². The SMILES string of the molecule is CC1CN(c2cccc(F)c2C(C)N)CC(C)O1. The smallest absolute Gasteiger partial charge is 0.130 e. The third-order valence-electron chi connectivity index (χ3n) is 3.25. The van der Waals surface area contributed by atoms with Gasteiger partial charge in [-0.1, -0.05) is 6.07 Å². The van der Waals surface area contributed by atoms with E-state index in [0.717, 1.165) is 18.8 Å². The summed E-state index contributed by atoms with van der Waals surface area (Å²) >= 11 is 0. The zero-order valence-corrected chi connectivity index (χ0v) is 11.2. The molecule has 0 aromatic heterocycles. The molecule has 0 aliphatic carbocycles. The number of ether oxygens (including phenoxy) is 1. The van der Waals surface area contributed by atoms with Crippen LogP contribution < -0.4 is 10.6 Å². The van der Waals surface area contributed by atoms with Gasteiger partial charge in [0, 0.05) is 30.4 Å². The van der Waals surface area contributed by atoms with Crippen molar-refractivity contribution in [1.29, 1.82) is 0 Å². The average molecular weight is 252 g/mol. The fourth-order valence-electron chi connectivity index (χ4n) is 2.63. The molecule has 0 spiro atoms. The van der Waals surface area contributed by atoms with E-state index in [0.29, 0.717) is 5.56 Å². The molecule has 1 aliphatic rings. The van der Waals surface area contributed by atoms with E-state index >= 15 is 0 Å². The Kier molecular flexibility index (Phi) is 3.88. The molecule has 0 radical (unpaired) electrons. The largest absolute Gasteiger partial charge is 0.372 e. The third-order valence-corrected chi connectivity index (χ3v) is 3.25. The lowest BCUT2D eigenvalue weighted by Gasteiger charge is -2.38. The lowest BCUT2D eigenvalue weighted by Crippen LogP contribution is -2.46. The number of nitrogens with zero attached hydrogens (tertiary/aromatic N) is 1. The minimum atomic E-state index is -0.311. The molecule has 100 valence electrons. The lowest BCUT2D eigenvalue weighted by molar-refractivity contribution is -0.00529.